The van der Waals surface area contributed by atoms with Crippen molar-refractivity contribution >= 4 is 23.6 Å². The van der Waals surface area contributed by atoms with Crippen LogP contribution in [0.2, 0.25) is 5.02 Å². The molecular weight excluding hydrogens is 298 g/mol. The molecular formula is C14H14ClNO5. The fourth-order valence-corrected chi connectivity index (χ4v) is 1.55. The summed E-state index contributed by atoms with van der Waals surface area (Å²) in [7, 11) is 0. The SMILES string of the molecule is CCOC(=O)/C=C/Oc1ccc(Cl)cc1/C=C(\C)[N+](=O)[O-]. The summed E-state index contributed by atoms with van der Waals surface area (Å²) in [5.41, 5.74) is 0.377. The number of halogens is 1. The second kappa shape index (κ2) is 8.06. The van der Waals surface area contributed by atoms with E-state index in [1.165, 1.54) is 19.1 Å². The molecule has 0 spiro atoms. The summed E-state index contributed by atoms with van der Waals surface area (Å²) in [5.74, 6) is -0.203. The Morgan fingerprint density at radius 1 is 1.48 bits per heavy atom. The molecule has 0 aromatic heterocycles. The van der Waals surface area contributed by atoms with E-state index in [9.17, 15) is 14.9 Å². The second-order valence-corrected chi connectivity index (χ2v) is 4.33. The van der Waals surface area contributed by atoms with Crippen molar-refractivity contribution in [2.75, 3.05) is 6.61 Å². The van der Waals surface area contributed by atoms with E-state index in [-0.39, 0.29) is 12.3 Å². The van der Waals surface area contributed by atoms with Crippen molar-refractivity contribution in [1.29, 1.82) is 0 Å². The highest BCUT2D eigenvalue weighted by molar-refractivity contribution is 6.30. The predicted octanol–water partition coefficient (Wildman–Crippen LogP) is 3.43. The number of benzene rings is 1. The smallest absolute Gasteiger partial charge is 0.333 e. The van der Waals surface area contributed by atoms with Crippen LogP contribution in [0.3, 0.4) is 0 Å². The van der Waals surface area contributed by atoms with E-state index in [1.807, 2.05) is 0 Å². The first-order chi connectivity index (χ1) is 9.93. The molecule has 0 saturated carbocycles. The van der Waals surface area contributed by atoms with E-state index in [0.29, 0.717) is 16.3 Å². The molecule has 0 aliphatic heterocycles. The van der Waals surface area contributed by atoms with Crippen molar-refractivity contribution in [2.24, 2.45) is 0 Å². The number of ether oxygens (including phenoxy) is 2. The molecule has 0 atom stereocenters. The van der Waals surface area contributed by atoms with Gasteiger partial charge in [-0.25, -0.2) is 4.79 Å². The summed E-state index contributed by atoms with van der Waals surface area (Å²) in [6.45, 7) is 3.31. The van der Waals surface area contributed by atoms with Gasteiger partial charge in [0.25, 0.3) is 0 Å². The van der Waals surface area contributed by atoms with Crippen LogP contribution in [-0.2, 0) is 9.53 Å². The molecule has 0 fully saturated rings. The van der Waals surface area contributed by atoms with E-state index in [0.717, 1.165) is 12.3 Å². The zero-order valence-corrected chi connectivity index (χ0v) is 12.3. The van der Waals surface area contributed by atoms with Crippen LogP contribution in [0.1, 0.15) is 19.4 Å². The van der Waals surface area contributed by atoms with Gasteiger partial charge in [0.05, 0.1) is 23.9 Å². The Labute approximate surface area is 126 Å². The lowest BCUT2D eigenvalue weighted by Crippen LogP contribution is -2.00. The highest BCUT2D eigenvalue weighted by Gasteiger charge is 2.08. The van der Waals surface area contributed by atoms with Crippen LogP contribution in [0, 0.1) is 10.1 Å². The highest BCUT2D eigenvalue weighted by atomic mass is 35.5. The molecule has 0 bridgehead atoms. The van der Waals surface area contributed by atoms with Crippen LogP contribution in [0.5, 0.6) is 5.75 Å². The van der Waals surface area contributed by atoms with Gasteiger partial charge < -0.3 is 9.47 Å². The molecule has 0 heterocycles. The molecule has 0 aliphatic carbocycles. The van der Waals surface area contributed by atoms with Crippen LogP contribution < -0.4 is 4.74 Å². The first-order valence-corrected chi connectivity index (χ1v) is 6.44. The lowest BCUT2D eigenvalue weighted by molar-refractivity contribution is -0.422. The van der Waals surface area contributed by atoms with Crippen molar-refractivity contribution in [2.45, 2.75) is 13.8 Å². The van der Waals surface area contributed by atoms with Crippen molar-refractivity contribution < 1.29 is 19.2 Å². The first kappa shape index (κ1) is 16.7. The van der Waals surface area contributed by atoms with Gasteiger partial charge in [0.1, 0.15) is 5.75 Å². The molecule has 112 valence electrons. The molecule has 1 aromatic rings. The quantitative estimate of drug-likeness (QED) is 0.264. The molecule has 1 rings (SSSR count). The summed E-state index contributed by atoms with van der Waals surface area (Å²) in [6, 6.07) is 4.66. The van der Waals surface area contributed by atoms with Crippen molar-refractivity contribution in [3.8, 4) is 5.75 Å². The zero-order chi connectivity index (χ0) is 15.8. The standard InChI is InChI=1S/C14H14ClNO5/c1-3-20-14(17)6-7-21-13-5-4-12(15)9-11(13)8-10(2)16(18)19/h4-9H,3H2,1-2H3/b7-6+,10-8+. The molecule has 0 radical (unpaired) electrons. The Morgan fingerprint density at radius 3 is 2.81 bits per heavy atom. The molecule has 0 amide bonds. The van der Waals surface area contributed by atoms with E-state index >= 15 is 0 Å². The Hall–Kier alpha value is -2.34. The Balaban J connectivity index is 2.95. The van der Waals surface area contributed by atoms with Gasteiger partial charge >= 0.3 is 5.97 Å². The number of esters is 1. The largest absolute Gasteiger partial charge is 0.464 e. The van der Waals surface area contributed by atoms with Gasteiger partial charge in [-0.05, 0) is 25.1 Å². The van der Waals surface area contributed by atoms with E-state index in [1.54, 1.807) is 19.1 Å². The van der Waals surface area contributed by atoms with Gasteiger partial charge in [0.2, 0.25) is 5.70 Å². The second-order valence-electron chi connectivity index (χ2n) is 3.90. The van der Waals surface area contributed by atoms with Crippen molar-refractivity contribution in [3.05, 3.63) is 56.9 Å². The average Bonchev–Trinajstić information content (AvgIpc) is 2.41. The Kier molecular flexibility index (Phi) is 6.42. The van der Waals surface area contributed by atoms with Crippen molar-refractivity contribution in [3.63, 3.8) is 0 Å². The molecule has 0 saturated heterocycles. The van der Waals surface area contributed by atoms with Crippen molar-refractivity contribution in [1.82, 2.24) is 0 Å². The van der Waals surface area contributed by atoms with Crippen LogP contribution >= 0.6 is 11.6 Å². The fourth-order valence-electron chi connectivity index (χ4n) is 1.37. The molecule has 0 aliphatic rings. The lowest BCUT2D eigenvalue weighted by atomic mass is 10.1. The van der Waals surface area contributed by atoms with E-state index in [4.69, 9.17) is 21.1 Å². The maximum atomic E-state index is 11.1. The number of nitro groups is 1. The monoisotopic (exact) mass is 311 g/mol. The van der Waals surface area contributed by atoms with Gasteiger partial charge in [0.15, 0.2) is 0 Å². The molecule has 0 N–H and O–H groups in total. The van der Waals surface area contributed by atoms with Crippen LogP contribution in [0.4, 0.5) is 0 Å². The number of allylic oxidation sites excluding steroid dienone is 1. The maximum Gasteiger partial charge on any atom is 0.333 e. The predicted molar refractivity (Wildman–Crippen MR) is 78.5 cm³/mol. The molecule has 0 unspecified atom stereocenters. The minimum absolute atomic E-state index is 0.0588. The summed E-state index contributed by atoms with van der Waals surface area (Å²) in [6.07, 6.45) is 3.60. The topological polar surface area (TPSA) is 78.7 Å². The number of carbonyl (C=O) groups excluding carboxylic acids is 1. The normalized spacial score (nSPS) is 11.5. The van der Waals surface area contributed by atoms with Gasteiger partial charge in [-0.1, -0.05) is 11.6 Å². The van der Waals surface area contributed by atoms with Crippen LogP contribution in [-0.4, -0.2) is 17.5 Å². The highest BCUT2D eigenvalue weighted by Crippen LogP contribution is 2.25. The third kappa shape index (κ3) is 5.66. The van der Waals surface area contributed by atoms with Crippen LogP contribution in [0.15, 0.2) is 36.2 Å². The summed E-state index contributed by atoms with van der Waals surface area (Å²) < 4.78 is 9.98. The van der Waals surface area contributed by atoms with E-state index < -0.39 is 10.9 Å². The van der Waals surface area contributed by atoms with Gasteiger partial charge in [-0.15, -0.1) is 0 Å². The van der Waals surface area contributed by atoms with E-state index in [2.05, 4.69) is 0 Å². The lowest BCUT2D eigenvalue weighted by Gasteiger charge is -2.05. The van der Waals surface area contributed by atoms with Crippen LogP contribution in [0.25, 0.3) is 6.08 Å². The molecule has 1 aromatic carbocycles. The van der Waals surface area contributed by atoms with Gasteiger partial charge in [-0.2, -0.15) is 0 Å². The Bertz CT molecular complexity index is 595. The molecule has 7 heteroatoms. The fraction of sp³-hybridized carbons (Fsp3) is 0.214. The minimum Gasteiger partial charge on any atom is -0.464 e. The summed E-state index contributed by atoms with van der Waals surface area (Å²) >= 11 is 5.86. The first-order valence-electron chi connectivity index (χ1n) is 6.06. The van der Waals surface area contributed by atoms with Gasteiger partial charge in [-0.3, -0.25) is 10.1 Å². The number of carbonyl (C=O) groups is 1. The minimum atomic E-state index is -0.537. The summed E-state index contributed by atoms with van der Waals surface area (Å²) in [4.78, 5) is 21.3. The third-order valence-corrected chi connectivity index (χ3v) is 2.55. The average molecular weight is 312 g/mol. The number of hydrogen-bond donors (Lipinski definition) is 0. The number of hydrogen-bond acceptors (Lipinski definition) is 5. The maximum absolute atomic E-state index is 11.1. The number of rotatable bonds is 6. The molecule has 21 heavy (non-hydrogen) atoms. The number of nitrogens with zero attached hydrogens (tertiary/aromatic N) is 1. The van der Waals surface area contributed by atoms with Gasteiger partial charge in [0, 0.05) is 23.6 Å². The third-order valence-electron chi connectivity index (χ3n) is 2.31. The molecule has 6 nitrogen and oxygen atoms in total. The zero-order valence-electron chi connectivity index (χ0n) is 11.5. The summed E-state index contributed by atoms with van der Waals surface area (Å²) in [5, 5.41) is 11.1. The Morgan fingerprint density at radius 2 is 2.19 bits per heavy atom.